The van der Waals surface area contributed by atoms with Crippen LogP contribution in [0.15, 0.2) is 65.9 Å². The van der Waals surface area contributed by atoms with Crippen molar-refractivity contribution < 1.29 is 0 Å². The van der Waals surface area contributed by atoms with Crippen molar-refractivity contribution in [2.45, 2.75) is 19.8 Å². The van der Waals surface area contributed by atoms with Crippen LogP contribution in [0.25, 0.3) is 16.9 Å². The maximum absolute atomic E-state index is 6.24. The van der Waals surface area contributed by atoms with Gasteiger partial charge in [-0.2, -0.15) is 5.10 Å². The molecule has 1 saturated heterocycles. The Hall–Kier alpha value is -3.87. The second kappa shape index (κ2) is 8.10. The maximum Gasteiger partial charge on any atom is 0.177 e. The van der Waals surface area contributed by atoms with Crippen LogP contribution in [0.5, 0.6) is 0 Å². The summed E-state index contributed by atoms with van der Waals surface area (Å²) >= 11 is 0. The van der Waals surface area contributed by atoms with Gasteiger partial charge >= 0.3 is 0 Å². The van der Waals surface area contributed by atoms with Crippen LogP contribution >= 0.6 is 0 Å². The van der Waals surface area contributed by atoms with Gasteiger partial charge in [-0.3, -0.25) is 5.43 Å². The van der Waals surface area contributed by atoms with E-state index in [0.717, 1.165) is 29.9 Å². The van der Waals surface area contributed by atoms with Gasteiger partial charge in [0, 0.05) is 30.4 Å². The van der Waals surface area contributed by atoms with Gasteiger partial charge in [-0.05, 0) is 37.5 Å². The van der Waals surface area contributed by atoms with Crippen molar-refractivity contribution >= 4 is 29.1 Å². The molecule has 3 heterocycles. The normalized spacial score (nSPS) is 14.0. The number of fused-ring (bicyclic) bond motifs is 1. The molecule has 31 heavy (non-hydrogen) atoms. The van der Waals surface area contributed by atoms with Crippen LogP contribution in [0.2, 0.25) is 0 Å². The van der Waals surface area contributed by atoms with Gasteiger partial charge in [-0.15, -0.1) is 5.10 Å². The fraction of sp³-hybridized carbons (Fsp3) is 0.208. The number of anilines is 3. The monoisotopic (exact) mass is 411 g/mol. The third-order valence-corrected chi connectivity index (χ3v) is 5.52. The van der Waals surface area contributed by atoms with E-state index in [1.807, 2.05) is 18.3 Å². The molecule has 2 aromatic heterocycles. The molecule has 0 radical (unpaired) electrons. The van der Waals surface area contributed by atoms with Crippen LogP contribution < -0.4 is 16.1 Å². The molecule has 2 aromatic carbocycles. The third-order valence-electron chi connectivity index (χ3n) is 5.52. The number of imidazole rings is 1. The minimum Gasteiger partial charge on any atom is -0.396 e. The molecule has 1 aliphatic heterocycles. The molecule has 0 saturated carbocycles. The molecule has 1 fully saturated rings. The van der Waals surface area contributed by atoms with Crippen molar-refractivity contribution in [3.8, 4) is 11.3 Å². The number of aromatic nitrogens is 3. The van der Waals surface area contributed by atoms with E-state index in [2.05, 4.69) is 68.8 Å². The number of nitrogen functional groups attached to an aromatic ring is 1. The number of rotatable bonds is 5. The van der Waals surface area contributed by atoms with Crippen molar-refractivity contribution in [2.24, 2.45) is 5.10 Å². The van der Waals surface area contributed by atoms with E-state index >= 15 is 0 Å². The summed E-state index contributed by atoms with van der Waals surface area (Å²) in [5.41, 5.74) is 15.7. The lowest BCUT2D eigenvalue weighted by Gasteiger charge is -2.17. The van der Waals surface area contributed by atoms with Crippen LogP contribution in [0.3, 0.4) is 0 Å². The second-order valence-electron chi connectivity index (χ2n) is 7.90. The summed E-state index contributed by atoms with van der Waals surface area (Å²) in [5.74, 6) is 0.558. The van der Waals surface area contributed by atoms with Crippen LogP contribution in [0.4, 0.5) is 17.2 Å². The Morgan fingerprint density at radius 1 is 1.06 bits per heavy atom. The molecule has 5 rings (SSSR count). The number of aryl methyl sites for hydroxylation is 1. The number of benzene rings is 2. The molecule has 3 N–H and O–H groups in total. The average molecular weight is 412 g/mol. The first-order valence-electron chi connectivity index (χ1n) is 10.5. The number of nitrogens with zero attached hydrogens (tertiary/aromatic N) is 5. The zero-order valence-corrected chi connectivity index (χ0v) is 17.5. The van der Waals surface area contributed by atoms with Crippen LogP contribution in [-0.2, 0) is 0 Å². The Balaban J connectivity index is 1.36. The largest absolute Gasteiger partial charge is 0.396 e. The van der Waals surface area contributed by atoms with E-state index in [1.54, 1.807) is 16.8 Å². The van der Waals surface area contributed by atoms with Crippen molar-refractivity contribution in [1.29, 1.82) is 0 Å². The van der Waals surface area contributed by atoms with Gasteiger partial charge in [0.1, 0.15) is 0 Å². The molecule has 0 spiro atoms. The Labute approximate surface area is 181 Å². The van der Waals surface area contributed by atoms with Crippen molar-refractivity contribution in [2.75, 3.05) is 29.1 Å². The molecule has 4 aromatic rings. The van der Waals surface area contributed by atoms with Crippen LogP contribution in [-0.4, -0.2) is 33.9 Å². The van der Waals surface area contributed by atoms with Crippen molar-refractivity contribution in [3.05, 3.63) is 71.9 Å². The third kappa shape index (κ3) is 4.07. The minimum atomic E-state index is 0.545. The first-order chi connectivity index (χ1) is 15.2. The number of nitrogens with one attached hydrogen (secondary N) is 1. The number of hydrogen-bond acceptors (Lipinski definition) is 6. The number of hydrogen-bond donors (Lipinski definition) is 2. The van der Waals surface area contributed by atoms with E-state index in [4.69, 9.17) is 5.73 Å². The first-order valence-corrected chi connectivity index (χ1v) is 10.5. The van der Waals surface area contributed by atoms with Gasteiger partial charge in [0.15, 0.2) is 11.5 Å². The SMILES string of the molecule is Cc1cccc(/C=N/Nc2cc(N)c3nc(-c4ccc(N5CCCC5)cc4)cn3n2)c1. The standard InChI is InChI=1S/C24H25N7/c1-17-5-4-6-18(13-17)15-26-28-23-14-21(25)24-27-22(16-31(24)29-23)19-7-9-20(10-8-19)30-11-2-3-12-30/h4-10,13-16H,2-3,11-12,25H2,1H3,(H,28,29)/b26-15+. The maximum atomic E-state index is 6.24. The minimum absolute atomic E-state index is 0.545. The van der Waals surface area contributed by atoms with Crippen LogP contribution in [0, 0.1) is 6.92 Å². The Bertz CT molecular complexity index is 1230. The molecule has 156 valence electrons. The summed E-state index contributed by atoms with van der Waals surface area (Å²) in [6.45, 7) is 4.32. The smallest absolute Gasteiger partial charge is 0.177 e. The Morgan fingerprint density at radius 3 is 2.65 bits per heavy atom. The van der Waals surface area contributed by atoms with Gasteiger partial charge in [-0.25, -0.2) is 9.50 Å². The quantitative estimate of drug-likeness (QED) is 0.377. The van der Waals surface area contributed by atoms with Gasteiger partial charge in [0.2, 0.25) is 0 Å². The highest BCUT2D eigenvalue weighted by Gasteiger charge is 2.13. The molecule has 0 amide bonds. The van der Waals surface area contributed by atoms with E-state index in [-0.39, 0.29) is 0 Å². The zero-order chi connectivity index (χ0) is 21.2. The lowest BCUT2D eigenvalue weighted by atomic mass is 10.1. The van der Waals surface area contributed by atoms with Gasteiger partial charge in [0.05, 0.1) is 23.8 Å². The summed E-state index contributed by atoms with van der Waals surface area (Å²) in [6.07, 6.45) is 6.19. The first kappa shape index (κ1) is 19.1. The predicted octanol–water partition coefficient (Wildman–Crippen LogP) is 4.33. The van der Waals surface area contributed by atoms with Crippen molar-refractivity contribution in [3.63, 3.8) is 0 Å². The molecule has 1 aliphatic rings. The highest BCUT2D eigenvalue weighted by atomic mass is 15.4. The Morgan fingerprint density at radius 2 is 1.87 bits per heavy atom. The predicted molar refractivity (Wildman–Crippen MR) is 127 cm³/mol. The zero-order valence-electron chi connectivity index (χ0n) is 17.5. The average Bonchev–Trinajstić information content (AvgIpc) is 3.45. The fourth-order valence-electron chi connectivity index (χ4n) is 3.94. The summed E-state index contributed by atoms with van der Waals surface area (Å²) in [5, 5.41) is 8.83. The summed E-state index contributed by atoms with van der Waals surface area (Å²) in [4.78, 5) is 7.10. The fourth-order valence-corrected chi connectivity index (χ4v) is 3.94. The van der Waals surface area contributed by atoms with E-state index in [0.29, 0.717) is 17.2 Å². The van der Waals surface area contributed by atoms with E-state index < -0.39 is 0 Å². The summed E-state index contributed by atoms with van der Waals surface area (Å²) in [7, 11) is 0. The Kier molecular flexibility index (Phi) is 5.00. The van der Waals surface area contributed by atoms with Crippen LogP contribution in [0.1, 0.15) is 24.0 Å². The molecule has 0 unspecified atom stereocenters. The van der Waals surface area contributed by atoms with E-state index in [9.17, 15) is 0 Å². The summed E-state index contributed by atoms with van der Waals surface area (Å²) < 4.78 is 1.70. The number of nitrogens with two attached hydrogens (primary N) is 1. The molecular formula is C24H25N7. The molecular weight excluding hydrogens is 386 g/mol. The number of hydrazone groups is 1. The van der Waals surface area contributed by atoms with Gasteiger partial charge in [-0.1, -0.05) is 42.0 Å². The molecule has 0 bridgehead atoms. The second-order valence-corrected chi connectivity index (χ2v) is 7.90. The molecule has 7 heteroatoms. The molecule has 0 atom stereocenters. The highest BCUT2D eigenvalue weighted by Crippen LogP contribution is 2.26. The highest BCUT2D eigenvalue weighted by molar-refractivity contribution is 5.80. The van der Waals surface area contributed by atoms with Crippen molar-refractivity contribution in [1.82, 2.24) is 14.6 Å². The summed E-state index contributed by atoms with van der Waals surface area (Å²) in [6, 6.07) is 18.4. The van der Waals surface area contributed by atoms with Gasteiger partial charge < -0.3 is 10.6 Å². The lowest BCUT2D eigenvalue weighted by molar-refractivity contribution is 0.936. The molecule has 0 aliphatic carbocycles. The van der Waals surface area contributed by atoms with Gasteiger partial charge in [0.25, 0.3) is 0 Å². The molecule has 7 nitrogen and oxygen atoms in total. The topological polar surface area (TPSA) is 83.8 Å². The van der Waals surface area contributed by atoms with E-state index in [1.165, 1.54) is 24.1 Å². The lowest BCUT2D eigenvalue weighted by Crippen LogP contribution is -2.17.